The van der Waals surface area contributed by atoms with Crippen molar-refractivity contribution in [2.45, 2.75) is 40.0 Å². The van der Waals surface area contributed by atoms with Gasteiger partial charge in [-0.15, -0.1) is 0 Å². The Labute approximate surface area is 214 Å². The lowest BCUT2D eigenvalue weighted by Gasteiger charge is -2.28. The molecule has 1 aliphatic rings. The molecule has 0 atom stereocenters. The summed E-state index contributed by atoms with van der Waals surface area (Å²) in [5.74, 6) is 0.570. The van der Waals surface area contributed by atoms with Crippen LogP contribution in [0.25, 0.3) is 44.8 Å². The highest BCUT2D eigenvalue weighted by molar-refractivity contribution is 5.96. The molecule has 6 rings (SSSR count). The Kier molecular flexibility index (Phi) is 5.58. The Morgan fingerprint density at radius 3 is 2.62 bits per heavy atom. The number of anilines is 2. The number of hydrogen-bond acceptors (Lipinski definition) is 7. The minimum atomic E-state index is -0.503. The van der Waals surface area contributed by atoms with Gasteiger partial charge in [-0.1, -0.05) is 20.8 Å². The first-order valence-corrected chi connectivity index (χ1v) is 12.6. The fourth-order valence-corrected chi connectivity index (χ4v) is 4.63. The Morgan fingerprint density at radius 1 is 1.00 bits per heavy atom. The molecule has 1 amide bonds. The summed E-state index contributed by atoms with van der Waals surface area (Å²) in [4.78, 5) is 36.5. The van der Waals surface area contributed by atoms with Crippen molar-refractivity contribution in [1.29, 1.82) is 0 Å². The first kappa shape index (κ1) is 23.1. The van der Waals surface area contributed by atoms with E-state index in [1.807, 2.05) is 45.2 Å². The number of aromatic amines is 2. The Bertz CT molecular complexity index is 1610. The number of piperidine rings is 1. The van der Waals surface area contributed by atoms with Crippen LogP contribution < -0.4 is 10.2 Å². The van der Waals surface area contributed by atoms with Crippen LogP contribution in [-0.2, 0) is 4.79 Å². The first-order valence-electron chi connectivity index (χ1n) is 12.6. The number of imidazole rings is 1. The van der Waals surface area contributed by atoms with Crippen molar-refractivity contribution in [3.8, 4) is 22.6 Å². The van der Waals surface area contributed by atoms with Crippen molar-refractivity contribution >= 4 is 39.5 Å². The standard InChI is InChI=1S/C27H29N9O/c1-27(2,3)26(37)31-18-11-16(13-28-15-18)17-12-19-21(34-35-23(19)30-14-17)25-32-22-20(7-8-29-24(22)33-25)36-9-5-4-6-10-36/h7-8,11-15H,4-6,9-10H2,1-3H3,(H,31,37)(H,29,32,33)(H,30,34,35). The van der Waals surface area contributed by atoms with Crippen molar-refractivity contribution in [1.82, 2.24) is 35.1 Å². The predicted octanol–water partition coefficient (Wildman–Crippen LogP) is 4.93. The zero-order valence-electron chi connectivity index (χ0n) is 21.2. The molecule has 37 heavy (non-hydrogen) atoms. The number of fused-ring (bicyclic) bond motifs is 2. The molecule has 1 saturated heterocycles. The van der Waals surface area contributed by atoms with Gasteiger partial charge in [-0.25, -0.2) is 15.0 Å². The van der Waals surface area contributed by atoms with Gasteiger partial charge in [0.2, 0.25) is 5.91 Å². The zero-order valence-corrected chi connectivity index (χ0v) is 21.2. The molecule has 0 aliphatic carbocycles. The van der Waals surface area contributed by atoms with Gasteiger partial charge >= 0.3 is 0 Å². The third-order valence-corrected chi connectivity index (χ3v) is 6.71. The number of H-pyrrole nitrogens is 2. The van der Waals surface area contributed by atoms with E-state index in [1.165, 1.54) is 19.3 Å². The van der Waals surface area contributed by atoms with Gasteiger partial charge in [-0.05, 0) is 37.5 Å². The van der Waals surface area contributed by atoms with Crippen LogP contribution in [0.5, 0.6) is 0 Å². The van der Waals surface area contributed by atoms with Gasteiger partial charge in [0, 0.05) is 48.2 Å². The van der Waals surface area contributed by atoms with Gasteiger partial charge in [0.15, 0.2) is 17.1 Å². The Hall–Kier alpha value is -4.34. The van der Waals surface area contributed by atoms with Gasteiger partial charge in [0.05, 0.1) is 23.0 Å². The molecule has 10 nitrogen and oxygen atoms in total. The molecule has 0 radical (unpaired) electrons. The monoisotopic (exact) mass is 495 g/mol. The Balaban J connectivity index is 1.37. The SMILES string of the molecule is CC(C)(C)C(=O)Nc1cncc(-c2cnc3[nH]nc(-c4nc5c(N6CCCCC6)ccnc5[nH]4)c3c2)c1. The quantitative estimate of drug-likeness (QED) is 0.322. The molecule has 0 bridgehead atoms. The molecule has 188 valence electrons. The maximum atomic E-state index is 12.4. The summed E-state index contributed by atoms with van der Waals surface area (Å²) < 4.78 is 0. The molecule has 1 aliphatic heterocycles. The van der Waals surface area contributed by atoms with Crippen LogP contribution in [0.15, 0.2) is 43.0 Å². The zero-order chi connectivity index (χ0) is 25.6. The second kappa shape index (κ2) is 8.95. The average molecular weight is 496 g/mol. The van der Waals surface area contributed by atoms with E-state index >= 15 is 0 Å². The molecule has 5 aromatic rings. The van der Waals surface area contributed by atoms with E-state index in [1.54, 1.807) is 18.6 Å². The van der Waals surface area contributed by atoms with E-state index in [2.05, 4.69) is 40.3 Å². The summed E-state index contributed by atoms with van der Waals surface area (Å²) in [6.45, 7) is 7.69. The Morgan fingerprint density at radius 2 is 1.81 bits per heavy atom. The highest BCUT2D eigenvalue weighted by Gasteiger charge is 2.22. The fourth-order valence-electron chi connectivity index (χ4n) is 4.63. The molecular formula is C27H29N9O. The van der Waals surface area contributed by atoms with Gasteiger partial charge in [-0.3, -0.25) is 14.9 Å². The van der Waals surface area contributed by atoms with E-state index in [-0.39, 0.29) is 5.91 Å². The number of carbonyl (C=O) groups is 1. The van der Waals surface area contributed by atoms with Crippen LogP contribution in [0.1, 0.15) is 40.0 Å². The van der Waals surface area contributed by atoms with Crippen molar-refractivity contribution in [3.05, 3.63) is 43.0 Å². The van der Waals surface area contributed by atoms with E-state index in [4.69, 9.17) is 4.98 Å². The van der Waals surface area contributed by atoms with Gasteiger partial charge in [0.1, 0.15) is 11.2 Å². The number of hydrogen-bond donors (Lipinski definition) is 3. The number of amides is 1. The number of nitrogens with one attached hydrogen (secondary N) is 3. The normalized spacial score (nSPS) is 14.4. The molecule has 3 N–H and O–H groups in total. The van der Waals surface area contributed by atoms with Gasteiger partial charge in [-0.2, -0.15) is 5.10 Å². The number of aromatic nitrogens is 7. The summed E-state index contributed by atoms with van der Waals surface area (Å²) in [5.41, 5.74) is 5.87. The first-order chi connectivity index (χ1) is 17.9. The smallest absolute Gasteiger partial charge is 0.229 e. The van der Waals surface area contributed by atoms with Crippen LogP contribution >= 0.6 is 0 Å². The van der Waals surface area contributed by atoms with Crippen molar-refractivity contribution < 1.29 is 4.79 Å². The minimum absolute atomic E-state index is 0.0698. The minimum Gasteiger partial charge on any atom is -0.370 e. The predicted molar refractivity (Wildman–Crippen MR) is 144 cm³/mol. The third-order valence-electron chi connectivity index (χ3n) is 6.71. The topological polar surface area (TPSA) is 128 Å². The summed E-state index contributed by atoms with van der Waals surface area (Å²) in [5, 5.41) is 11.3. The molecule has 0 unspecified atom stereocenters. The summed E-state index contributed by atoms with van der Waals surface area (Å²) in [6.07, 6.45) is 10.6. The van der Waals surface area contributed by atoms with Crippen LogP contribution in [0, 0.1) is 5.41 Å². The summed E-state index contributed by atoms with van der Waals surface area (Å²) >= 11 is 0. The third kappa shape index (κ3) is 4.39. The summed E-state index contributed by atoms with van der Waals surface area (Å²) in [7, 11) is 0. The maximum absolute atomic E-state index is 12.4. The van der Waals surface area contributed by atoms with E-state index in [0.717, 1.165) is 46.5 Å². The number of carbonyl (C=O) groups excluding carboxylic acids is 1. The molecule has 10 heteroatoms. The van der Waals surface area contributed by atoms with Crippen LogP contribution in [0.3, 0.4) is 0 Å². The lowest BCUT2D eigenvalue weighted by molar-refractivity contribution is -0.123. The lowest BCUT2D eigenvalue weighted by atomic mass is 9.95. The van der Waals surface area contributed by atoms with Crippen molar-refractivity contribution in [3.63, 3.8) is 0 Å². The molecule has 0 aromatic carbocycles. The summed E-state index contributed by atoms with van der Waals surface area (Å²) in [6, 6.07) is 5.95. The van der Waals surface area contributed by atoms with Crippen LogP contribution in [0.4, 0.5) is 11.4 Å². The molecule has 5 aromatic heterocycles. The highest BCUT2D eigenvalue weighted by atomic mass is 16.2. The second-order valence-corrected chi connectivity index (χ2v) is 10.5. The molecular weight excluding hydrogens is 466 g/mol. The molecule has 0 spiro atoms. The second-order valence-electron chi connectivity index (χ2n) is 10.5. The van der Waals surface area contributed by atoms with E-state index in [9.17, 15) is 4.79 Å². The number of nitrogens with zero attached hydrogens (tertiary/aromatic N) is 6. The van der Waals surface area contributed by atoms with Crippen LogP contribution in [-0.4, -0.2) is 54.1 Å². The average Bonchev–Trinajstić information content (AvgIpc) is 3.52. The maximum Gasteiger partial charge on any atom is 0.229 e. The molecule has 6 heterocycles. The van der Waals surface area contributed by atoms with E-state index in [0.29, 0.717) is 22.9 Å². The van der Waals surface area contributed by atoms with Gasteiger partial charge in [0.25, 0.3) is 0 Å². The largest absolute Gasteiger partial charge is 0.370 e. The van der Waals surface area contributed by atoms with E-state index < -0.39 is 5.41 Å². The molecule has 0 saturated carbocycles. The van der Waals surface area contributed by atoms with Crippen LogP contribution in [0.2, 0.25) is 0 Å². The fraction of sp³-hybridized carbons (Fsp3) is 0.333. The van der Waals surface area contributed by atoms with Crippen molar-refractivity contribution in [2.75, 3.05) is 23.3 Å². The molecule has 1 fully saturated rings. The highest BCUT2D eigenvalue weighted by Crippen LogP contribution is 2.32. The van der Waals surface area contributed by atoms with Crippen molar-refractivity contribution in [2.24, 2.45) is 5.41 Å². The number of rotatable bonds is 4. The van der Waals surface area contributed by atoms with Gasteiger partial charge < -0.3 is 15.2 Å². The lowest BCUT2D eigenvalue weighted by Crippen LogP contribution is -2.29. The number of pyridine rings is 3.